The van der Waals surface area contributed by atoms with Gasteiger partial charge in [0.1, 0.15) is 0 Å². The number of benzene rings is 1. The SMILES string of the molecule is Cc1cc(C(=O)NCC2CCCNC2)ccc1Cl. The van der Waals surface area contributed by atoms with Crippen LogP contribution in [-0.4, -0.2) is 25.5 Å². The molecule has 1 aromatic carbocycles. The molecule has 0 spiro atoms. The van der Waals surface area contributed by atoms with Gasteiger partial charge in [0, 0.05) is 17.1 Å². The number of piperidine rings is 1. The van der Waals surface area contributed by atoms with Gasteiger partial charge in [-0.15, -0.1) is 0 Å². The van der Waals surface area contributed by atoms with Crippen LogP contribution in [0.5, 0.6) is 0 Å². The summed E-state index contributed by atoms with van der Waals surface area (Å²) in [6.07, 6.45) is 2.38. The fourth-order valence-electron chi connectivity index (χ4n) is 2.22. The number of nitrogens with one attached hydrogen (secondary N) is 2. The lowest BCUT2D eigenvalue weighted by molar-refractivity contribution is 0.0945. The van der Waals surface area contributed by atoms with Crippen LogP contribution in [0, 0.1) is 12.8 Å². The van der Waals surface area contributed by atoms with Crippen molar-refractivity contribution >= 4 is 17.5 Å². The smallest absolute Gasteiger partial charge is 0.251 e. The molecule has 2 N–H and O–H groups in total. The minimum atomic E-state index is -0.0136. The lowest BCUT2D eigenvalue weighted by atomic mass is 9.99. The number of hydrogen-bond donors (Lipinski definition) is 2. The Morgan fingerprint density at radius 3 is 3.06 bits per heavy atom. The molecule has 1 atom stereocenters. The quantitative estimate of drug-likeness (QED) is 0.882. The van der Waals surface area contributed by atoms with E-state index in [9.17, 15) is 4.79 Å². The lowest BCUT2D eigenvalue weighted by Crippen LogP contribution is -2.38. The number of amides is 1. The van der Waals surface area contributed by atoms with Gasteiger partial charge in [0.25, 0.3) is 5.91 Å². The fraction of sp³-hybridized carbons (Fsp3) is 0.500. The van der Waals surface area contributed by atoms with Crippen molar-refractivity contribution in [2.45, 2.75) is 19.8 Å². The Morgan fingerprint density at radius 2 is 2.39 bits per heavy atom. The second kappa shape index (κ2) is 6.21. The third-order valence-electron chi connectivity index (χ3n) is 3.37. The van der Waals surface area contributed by atoms with E-state index in [1.807, 2.05) is 13.0 Å². The van der Waals surface area contributed by atoms with Crippen LogP contribution in [0.4, 0.5) is 0 Å². The van der Waals surface area contributed by atoms with Crippen LogP contribution in [0.2, 0.25) is 5.02 Å². The van der Waals surface area contributed by atoms with Crippen LogP contribution < -0.4 is 10.6 Å². The molecule has 0 radical (unpaired) electrons. The summed E-state index contributed by atoms with van der Waals surface area (Å²) in [7, 11) is 0. The normalized spacial score (nSPS) is 19.6. The monoisotopic (exact) mass is 266 g/mol. The predicted octanol–water partition coefficient (Wildman–Crippen LogP) is 2.38. The Kier molecular flexibility index (Phi) is 4.61. The largest absolute Gasteiger partial charge is 0.352 e. The van der Waals surface area contributed by atoms with E-state index in [0.29, 0.717) is 16.5 Å². The summed E-state index contributed by atoms with van der Waals surface area (Å²) in [5.41, 5.74) is 1.62. The van der Waals surface area contributed by atoms with Gasteiger partial charge in [-0.3, -0.25) is 4.79 Å². The minimum Gasteiger partial charge on any atom is -0.352 e. The van der Waals surface area contributed by atoms with E-state index in [0.717, 1.165) is 25.2 Å². The van der Waals surface area contributed by atoms with Gasteiger partial charge < -0.3 is 10.6 Å². The summed E-state index contributed by atoms with van der Waals surface area (Å²) in [6, 6.07) is 5.37. The van der Waals surface area contributed by atoms with Crippen molar-refractivity contribution < 1.29 is 4.79 Å². The second-order valence-electron chi connectivity index (χ2n) is 4.89. The van der Waals surface area contributed by atoms with Crippen LogP contribution in [0.1, 0.15) is 28.8 Å². The van der Waals surface area contributed by atoms with Crippen molar-refractivity contribution in [2.75, 3.05) is 19.6 Å². The number of carbonyl (C=O) groups is 1. The third kappa shape index (κ3) is 3.47. The first-order valence-corrected chi connectivity index (χ1v) is 6.79. The average Bonchev–Trinajstić information content (AvgIpc) is 2.40. The summed E-state index contributed by atoms with van der Waals surface area (Å²) in [4.78, 5) is 12.0. The fourth-order valence-corrected chi connectivity index (χ4v) is 2.34. The van der Waals surface area contributed by atoms with Gasteiger partial charge >= 0.3 is 0 Å². The van der Waals surface area contributed by atoms with Crippen molar-refractivity contribution in [1.29, 1.82) is 0 Å². The Hall–Kier alpha value is -1.06. The molecule has 1 saturated heterocycles. The highest BCUT2D eigenvalue weighted by molar-refractivity contribution is 6.31. The molecular weight excluding hydrogens is 248 g/mol. The van der Waals surface area contributed by atoms with Gasteiger partial charge in [0.15, 0.2) is 0 Å². The molecular formula is C14H19ClN2O. The molecule has 1 fully saturated rings. The molecule has 2 rings (SSSR count). The van der Waals surface area contributed by atoms with E-state index < -0.39 is 0 Å². The van der Waals surface area contributed by atoms with Crippen molar-refractivity contribution in [3.8, 4) is 0 Å². The summed E-state index contributed by atoms with van der Waals surface area (Å²) in [5, 5.41) is 7.04. The minimum absolute atomic E-state index is 0.0136. The zero-order chi connectivity index (χ0) is 13.0. The Balaban J connectivity index is 1.88. The number of aryl methyl sites for hydroxylation is 1. The number of rotatable bonds is 3. The molecule has 1 heterocycles. The van der Waals surface area contributed by atoms with Gasteiger partial charge in [-0.1, -0.05) is 11.6 Å². The summed E-state index contributed by atoms with van der Waals surface area (Å²) in [6.45, 7) is 4.75. The number of carbonyl (C=O) groups excluding carboxylic acids is 1. The zero-order valence-corrected chi connectivity index (χ0v) is 11.4. The van der Waals surface area contributed by atoms with E-state index >= 15 is 0 Å². The van der Waals surface area contributed by atoms with E-state index in [2.05, 4.69) is 10.6 Å². The number of hydrogen-bond acceptors (Lipinski definition) is 2. The highest BCUT2D eigenvalue weighted by Crippen LogP contribution is 2.16. The maximum Gasteiger partial charge on any atom is 0.251 e. The van der Waals surface area contributed by atoms with Gasteiger partial charge in [-0.2, -0.15) is 0 Å². The maximum atomic E-state index is 12.0. The molecule has 18 heavy (non-hydrogen) atoms. The van der Waals surface area contributed by atoms with Crippen molar-refractivity contribution in [3.63, 3.8) is 0 Å². The van der Waals surface area contributed by atoms with Crippen LogP contribution >= 0.6 is 11.6 Å². The maximum absolute atomic E-state index is 12.0. The molecule has 1 aromatic rings. The summed E-state index contributed by atoms with van der Waals surface area (Å²) >= 11 is 5.94. The van der Waals surface area contributed by atoms with Crippen LogP contribution in [0.25, 0.3) is 0 Å². The molecule has 1 unspecified atom stereocenters. The van der Waals surface area contributed by atoms with Gasteiger partial charge in [0.2, 0.25) is 0 Å². The average molecular weight is 267 g/mol. The standard InChI is InChI=1S/C14H19ClN2O/c1-10-7-12(4-5-13(10)15)14(18)17-9-11-3-2-6-16-8-11/h4-5,7,11,16H,2-3,6,8-9H2,1H3,(H,17,18). The molecule has 0 aromatic heterocycles. The third-order valence-corrected chi connectivity index (χ3v) is 3.79. The summed E-state index contributed by atoms with van der Waals surface area (Å²) in [5.74, 6) is 0.538. The zero-order valence-electron chi connectivity index (χ0n) is 10.6. The van der Waals surface area contributed by atoms with Crippen molar-refractivity contribution in [2.24, 2.45) is 5.92 Å². The molecule has 1 amide bonds. The summed E-state index contributed by atoms with van der Waals surface area (Å²) < 4.78 is 0. The predicted molar refractivity (Wildman–Crippen MR) is 74.1 cm³/mol. The van der Waals surface area contributed by atoms with E-state index in [-0.39, 0.29) is 5.91 Å². The first-order valence-electron chi connectivity index (χ1n) is 6.42. The number of halogens is 1. The molecule has 0 bridgehead atoms. The van der Waals surface area contributed by atoms with Gasteiger partial charge in [-0.05, 0) is 62.5 Å². The van der Waals surface area contributed by atoms with E-state index in [1.165, 1.54) is 12.8 Å². The van der Waals surface area contributed by atoms with Crippen molar-refractivity contribution in [1.82, 2.24) is 10.6 Å². The van der Waals surface area contributed by atoms with Crippen LogP contribution in [0.3, 0.4) is 0 Å². The van der Waals surface area contributed by atoms with E-state index in [1.54, 1.807) is 12.1 Å². The second-order valence-corrected chi connectivity index (χ2v) is 5.29. The molecule has 0 aliphatic carbocycles. The topological polar surface area (TPSA) is 41.1 Å². The highest BCUT2D eigenvalue weighted by Gasteiger charge is 2.14. The molecule has 3 nitrogen and oxygen atoms in total. The molecule has 98 valence electrons. The molecule has 1 aliphatic heterocycles. The lowest BCUT2D eigenvalue weighted by Gasteiger charge is -2.22. The first kappa shape index (κ1) is 13.4. The van der Waals surface area contributed by atoms with E-state index in [4.69, 9.17) is 11.6 Å². The molecule has 4 heteroatoms. The van der Waals surface area contributed by atoms with Gasteiger partial charge in [0.05, 0.1) is 0 Å². The van der Waals surface area contributed by atoms with Crippen LogP contribution in [-0.2, 0) is 0 Å². The van der Waals surface area contributed by atoms with Crippen LogP contribution in [0.15, 0.2) is 18.2 Å². The Labute approximate surface area is 113 Å². The molecule has 1 aliphatic rings. The highest BCUT2D eigenvalue weighted by atomic mass is 35.5. The Bertz CT molecular complexity index is 428. The Morgan fingerprint density at radius 1 is 1.56 bits per heavy atom. The first-order chi connectivity index (χ1) is 8.66. The van der Waals surface area contributed by atoms with Gasteiger partial charge in [-0.25, -0.2) is 0 Å². The molecule has 0 saturated carbocycles. The van der Waals surface area contributed by atoms with Crippen molar-refractivity contribution in [3.05, 3.63) is 34.3 Å².